The summed E-state index contributed by atoms with van der Waals surface area (Å²) >= 11 is 0. The highest BCUT2D eigenvalue weighted by Crippen LogP contribution is 2.44. The maximum Gasteiger partial charge on any atom is 0.0407 e. The average Bonchev–Trinajstić information content (AvgIpc) is 2.94. The maximum absolute atomic E-state index is 2.67. The zero-order chi connectivity index (χ0) is 21.7. The molecule has 1 nitrogen and oxygen atoms in total. The first-order chi connectivity index (χ1) is 14.6. The van der Waals surface area contributed by atoms with Gasteiger partial charge in [0.25, 0.3) is 0 Å². The summed E-state index contributed by atoms with van der Waals surface area (Å²) in [5.74, 6) is 0. The van der Waals surface area contributed by atoms with Gasteiger partial charge in [-0.3, -0.25) is 0 Å². The van der Waals surface area contributed by atoms with Crippen LogP contribution in [0, 0.1) is 0 Å². The fraction of sp³-hybridized carbons (Fsp3) is 0.793. The Morgan fingerprint density at radius 1 is 0.667 bits per heavy atom. The number of anilines is 1. The summed E-state index contributed by atoms with van der Waals surface area (Å²) in [5.41, 5.74) is 3.29. The molecule has 0 spiro atoms. The Bertz CT molecular complexity index is 561. The van der Waals surface area contributed by atoms with Crippen LogP contribution in [-0.4, -0.2) is 12.6 Å². The topological polar surface area (TPSA) is 3.24 Å². The lowest BCUT2D eigenvalue weighted by atomic mass is 9.81. The fourth-order valence-corrected chi connectivity index (χ4v) is 5.24. The van der Waals surface area contributed by atoms with E-state index in [2.05, 4.69) is 56.9 Å². The highest BCUT2D eigenvalue weighted by molar-refractivity contribution is 5.63. The van der Waals surface area contributed by atoms with Gasteiger partial charge in [-0.2, -0.15) is 0 Å². The summed E-state index contributed by atoms with van der Waals surface area (Å²) in [6, 6.07) is 9.66. The molecule has 1 aliphatic heterocycles. The molecule has 0 N–H and O–H groups in total. The lowest BCUT2D eigenvalue weighted by Crippen LogP contribution is -2.39. The summed E-state index contributed by atoms with van der Waals surface area (Å²) in [5, 5.41) is 0. The Kier molecular flexibility index (Phi) is 11.9. The van der Waals surface area contributed by atoms with Crippen LogP contribution in [0.5, 0.6) is 0 Å². The van der Waals surface area contributed by atoms with Crippen molar-refractivity contribution in [1.82, 2.24) is 0 Å². The molecule has 0 saturated carbocycles. The summed E-state index contributed by atoms with van der Waals surface area (Å²) in [7, 11) is 0. The monoisotopic (exact) mass is 413 g/mol. The first-order valence-electron chi connectivity index (χ1n) is 13.4. The first-order valence-corrected chi connectivity index (χ1v) is 13.4. The van der Waals surface area contributed by atoms with Crippen LogP contribution in [-0.2, 0) is 5.41 Å². The number of benzene rings is 1. The molecule has 0 saturated heterocycles. The average molecular weight is 414 g/mol. The summed E-state index contributed by atoms with van der Waals surface area (Å²) in [6.45, 7) is 10.7. The Morgan fingerprint density at radius 2 is 1.10 bits per heavy atom. The number of nitrogens with zero attached hydrogens (tertiary/aromatic N) is 1. The van der Waals surface area contributed by atoms with E-state index in [1.54, 1.807) is 0 Å². The van der Waals surface area contributed by atoms with Gasteiger partial charge in [0.2, 0.25) is 0 Å². The standard InChI is InChI=1S/C29H51N/c1-5-6-7-8-9-10-11-12-13-14-15-16-17-18-19-22-25-30-26(2)29(3,4)27-23-20-21-24-28(27)30/h20-21,23-24,26H,5-19,22,25H2,1-4H3. The molecule has 2 rings (SSSR count). The van der Waals surface area contributed by atoms with Crippen LogP contribution < -0.4 is 4.90 Å². The van der Waals surface area contributed by atoms with Crippen molar-refractivity contribution in [2.45, 2.75) is 142 Å². The minimum absolute atomic E-state index is 0.269. The molecule has 0 aliphatic carbocycles. The number of hydrogen-bond donors (Lipinski definition) is 0. The van der Waals surface area contributed by atoms with Crippen molar-refractivity contribution in [1.29, 1.82) is 0 Å². The predicted molar refractivity (Wildman–Crippen MR) is 136 cm³/mol. The van der Waals surface area contributed by atoms with Crippen molar-refractivity contribution in [2.75, 3.05) is 11.4 Å². The Hall–Kier alpha value is -0.980. The van der Waals surface area contributed by atoms with E-state index in [1.807, 2.05) is 0 Å². The van der Waals surface area contributed by atoms with E-state index >= 15 is 0 Å². The van der Waals surface area contributed by atoms with Crippen LogP contribution in [0.1, 0.15) is 136 Å². The fourth-order valence-electron chi connectivity index (χ4n) is 5.24. The van der Waals surface area contributed by atoms with E-state index < -0.39 is 0 Å². The van der Waals surface area contributed by atoms with Crippen LogP contribution in [0.25, 0.3) is 0 Å². The number of para-hydroxylation sites is 1. The number of hydrogen-bond acceptors (Lipinski definition) is 1. The maximum atomic E-state index is 2.67. The largest absolute Gasteiger partial charge is 0.368 e. The second kappa shape index (κ2) is 14.2. The molecule has 1 heteroatoms. The first kappa shape index (κ1) is 25.3. The van der Waals surface area contributed by atoms with Gasteiger partial charge >= 0.3 is 0 Å². The predicted octanol–water partition coefficient (Wildman–Crippen LogP) is 9.43. The van der Waals surface area contributed by atoms with E-state index in [-0.39, 0.29) is 5.41 Å². The highest BCUT2D eigenvalue weighted by Gasteiger charge is 2.40. The molecule has 172 valence electrons. The third-order valence-electron chi connectivity index (χ3n) is 7.67. The number of rotatable bonds is 17. The molecule has 0 bridgehead atoms. The van der Waals surface area contributed by atoms with Crippen LogP contribution >= 0.6 is 0 Å². The van der Waals surface area contributed by atoms with E-state index in [1.165, 1.54) is 121 Å². The van der Waals surface area contributed by atoms with Gasteiger partial charge in [0.15, 0.2) is 0 Å². The molecule has 1 unspecified atom stereocenters. The third kappa shape index (κ3) is 7.93. The van der Waals surface area contributed by atoms with Crippen LogP contribution in [0.2, 0.25) is 0 Å². The highest BCUT2D eigenvalue weighted by atomic mass is 15.2. The minimum Gasteiger partial charge on any atom is -0.368 e. The molecule has 0 amide bonds. The zero-order valence-corrected chi connectivity index (χ0v) is 20.9. The SMILES string of the molecule is CCCCCCCCCCCCCCCCCCN1c2ccccc2C(C)(C)C1C. The molecule has 0 aromatic heterocycles. The van der Waals surface area contributed by atoms with E-state index in [0.29, 0.717) is 6.04 Å². The molecule has 1 aromatic carbocycles. The van der Waals surface area contributed by atoms with Crippen molar-refractivity contribution in [3.05, 3.63) is 29.8 Å². The zero-order valence-electron chi connectivity index (χ0n) is 20.9. The lowest BCUT2D eigenvalue weighted by molar-refractivity contribution is 0.436. The molecule has 30 heavy (non-hydrogen) atoms. The van der Waals surface area contributed by atoms with Crippen LogP contribution in [0.4, 0.5) is 5.69 Å². The van der Waals surface area contributed by atoms with E-state index in [4.69, 9.17) is 0 Å². The van der Waals surface area contributed by atoms with E-state index in [9.17, 15) is 0 Å². The van der Waals surface area contributed by atoms with Gasteiger partial charge in [-0.15, -0.1) is 0 Å². The lowest BCUT2D eigenvalue weighted by Gasteiger charge is -2.31. The van der Waals surface area contributed by atoms with Gasteiger partial charge in [-0.05, 0) is 25.0 Å². The quantitative estimate of drug-likeness (QED) is 0.230. The summed E-state index contributed by atoms with van der Waals surface area (Å²) < 4.78 is 0. The summed E-state index contributed by atoms with van der Waals surface area (Å²) in [6.07, 6.45) is 23.1. The van der Waals surface area contributed by atoms with Gasteiger partial charge in [0.1, 0.15) is 0 Å². The molecule has 1 heterocycles. The van der Waals surface area contributed by atoms with Crippen molar-refractivity contribution < 1.29 is 0 Å². The van der Waals surface area contributed by atoms with Crippen molar-refractivity contribution in [3.63, 3.8) is 0 Å². The van der Waals surface area contributed by atoms with E-state index in [0.717, 1.165) is 0 Å². The number of unbranched alkanes of at least 4 members (excludes halogenated alkanes) is 15. The Morgan fingerprint density at radius 3 is 1.60 bits per heavy atom. The van der Waals surface area contributed by atoms with Gasteiger partial charge < -0.3 is 4.90 Å². The Balaban J connectivity index is 1.42. The minimum atomic E-state index is 0.269. The second-order valence-corrected chi connectivity index (χ2v) is 10.4. The van der Waals surface area contributed by atoms with Crippen molar-refractivity contribution in [3.8, 4) is 0 Å². The van der Waals surface area contributed by atoms with Crippen LogP contribution in [0.15, 0.2) is 24.3 Å². The summed E-state index contributed by atoms with van der Waals surface area (Å²) in [4.78, 5) is 2.67. The molecule has 1 aromatic rings. The number of fused-ring (bicyclic) bond motifs is 1. The molecule has 1 aliphatic rings. The smallest absolute Gasteiger partial charge is 0.0407 e. The van der Waals surface area contributed by atoms with Crippen molar-refractivity contribution >= 4 is 5.69 Å². The van der Waals surface area contributed by atoms with Crippen LogP contribution in [0.3, 0.4) is 0 Å². The van der Waals surface area contributed by atoms with Gasteiger partial charge in [0.05, 0.1) is 0 Å². The molecule has 0 radical (unpaired) electrons. The van der Waals surface area contributed by atoms with Gasteiger partial charge in [0, 0.05) is 23.7 Å². The third-order valence-corrected chi connectivity index (χ3v) is 7.67. The van der Waals surface area contributed by atoms with Crippen molar-refractivity contribution in [2.24, 2.45) is 0 Å². The normalized spacial score (nSPS) is 17.5. The Labute approximate surface area is 189 Å². The second-order valence-electron chi connectivity index (χ2n) is 10.4. The van der Waals surface area contributed by atoms with Gasteiger partial charge in [-0.25, -0.2) is 0 Å². The molecule has 0 fully saturated rings. The molecular weight excluding hydrogens is 362 g/mol. The molecule has 1 atom stereocenters. The molecular formula is C29H51N. The van der Waals surface area contributed by atoms with Gasteiger partial charge in [-0.1, -0.05) is 135 Å².